The molecule has 16 heavy (non-hydrogen) atoms. The van der Waals surface area contributed by atoms with E-state index >= 15 is 0 Å². The first-order valence-corrected chi connectivity index (χ1v) is 5.72. The summed E-state index contributed by atoms with van der Waals surface area (Å²) in [6.07, 6.45) is 2.76. The summed E-state index contributed by atoms with van der Waals surface area (Å²) in [7, 11) is 1.28. The van der Waals surface area contributed by atoms with Crippen LogP contribution in [-0.2, 0) is 19.1 Å². The Kier molecular flexibility index (Phi) is 4.65. The smallest absolute Gasteiger partial charge is 0.316 e. The van der Waals surface area contributed by atoms with E-state index in [1.54, 1.807) is 6.92 Å². The monoisotopic (exact) mass is 226 g/mol. The molecule has 0 N–H and O–H groups in total. The fraction of sp³-hybridized carbons (Fsp3) is 0.750. The van der Waals surface area contributed by atoms with Crippen LogP contribution in [0.25, 0.3) is 0 Å². The normalized spacial score (nSPS) is 22.6. The lowest BCUT2D eigenvalue weighted by Crippen LogP contribution is -2.35. The summed E-state index contributed by atoms with van der Waals surface area (Å²) in [5, 5.41) is 0. The van der Waals surface area contributed by atoms with Crippen molar-refractivity contribution in [2.75, 3.05) is 7.11 Å². The lowest BCUT2D eigenvalue weighted by atomic mass is 9.77. The first-order chi connectivity index (χ1) is 7.60. The molecule has 0 saturated heterocycles. The van der Waals surface area contributed by atoms with Crippen LogP contribution in [0.4, 0.5) is 0 Å². The number of carbonyl (C=O) groups excluding carboxylic acids is 3. The number of esters is 1. The third-order valence-corrected chi connectivity index (χ3v) is 3.14. The van der Waals surface area contributed by atoms with Crippen molar-refractivity contribution in [2.24, 2.45) is 11.8 Å². The Morgan fingerprint density at radius 3 is 2.69 bits per heavy atom. The molecule has 0 spiro atoms. The third kappa shape index (κ3) is 2.90. The molecule has 0 amide bonds. The van der Waals surface area contributed by atoms with Gasteiger partial charge in [0, 0.05) is 19.3 Å². The predicted octanol–water partition coefficient (Wildman–Crippen LogP) is 1.51. The quantitative estimate of drug-likeness (QED) is 0.538. The minimum absolute atomic E-state index is 0.119. The Labute approximate surface area is 95.3 Å². The molecule has 0 bridgehead atoms. The highest BCUT2D eigenvalue weighted by Crippen LogP contribution is 2.30. The molecule has 2 atom stereocenters. The minimum atomic E-state index is -0.737. The number of hydrogen-bond donors (Lipinski definition) is 0. The van der Waals surface area contributed by atoms with Gasteiger partial charge in [0.05, 0.1) is 7.11 Å². The summed E-state index contributed by atoms with van der Waals surface area (Å²) in [5.41, 5.74) is 0. The van der Waals surface area contributed by atoms with E-state index in [2.05, 4.69) is 4.74 Å². The standard InChI is InChI=1S/C12H18O4/c1-3-10(14)11(12(15)16-2)8-5-4-6-9(13)7-8/h8,11H,3-7H2,1-2H3. The van der Waals surface area contributed by atoms with Crippen LogP contribution in [0.5, 0.6) is 0 Å². The van der Waals surface area contributed by atoms with E-state index in [0.717, 1.165) is 12.8 Å². The second-order valence-electron chi connectivity index (χ2n) is 4.22. The van der Waals surface area contributed by atoms with E-state index in [9.17, 15) is 14.4 Å². The first kappa shape index (κ1) is 12.9. The Hall–Kier alpha value is -1.19. The van der Waals surface area contributed by atoms with E-state index < -0.39 is 11.9 Å². The van der Waals surface area contributed by atoms with Crippen LogP contribution >= 0.6 is 0 Å². The van der Waals surface area contributed by atoms with Crippen molar-refractivity contribution in [2.45, 2.75) is 39.0 Å². The van der Waals surface area contributed by atoms with Gasteiger partial charge in [-0.2, -0.15) is 0 Å². The van der Waals surface area contributed by atoms with Gasteiger partial charge in [0.2, 0.25) is 0 Å². The van der Waals surface area contributed by atoms with Gasteiger partial charge in [0.1, 0.15) is 17.5 Å². The van der Waals surface area contributed by atoms with Crippen LogP contribution < -0.4 is 0 Å². The summed E-state index contributed by atoms with van der Waals surface area (Å²) in [6, 6.07) is 0. The Balaban J connectivity index is 2.78. The summed E-state index contributed by atoms with van der Waals surface area (Å²) >= 11 is 0. The molecule has 1 aliphatic rings. The Morgan fingerprint density at radius 1 is 1.50 bits per heavy atom. The molecule has 0 heterocycles. The van der Waals surface area contributed by atoms with Crippen LogP contribution in [-0.4, -0.2) is 24.6 Å². The molecule has 0 aromatic heterocycles. The number of methoxy groups -OCH3 is 1. The predicted molar refractivity (Wildman–Crippen MR) is 57.8 cm³/mol. The molecule has 0 aliphatic heterocycles. The molecule has 1 rings (SSSR count). The average Bonchev–Trinajstić information content (AvgIpc) is 2.29. The lowest BCUT2D eigenvalue weighted by Gasteiger charge is -2.26. The molecule has 1 aliphatic carbocycles. The number of carbonyl (C=O) groups is 3. The molecule has 2 unspecified atom stereocenters. The second-order valence-corrected chi connectivity index (χ2v) is 4.22. The Morgan fingerprint density at radius 2 is 2.19 bits per heavy atom. The van der Waals surface area contributed by atoms with Crippen molar-refractivity contribution < 1.29 is 19.1 Å². The number of Topliss-reactive ketones (excluding diaryl/α,β-unsaturated/α-hetero) is 2. The van der Waals surface area contributed by atoms with Crippen LogP contribution in [0, 0.1) is 11.8 Å². The molecule has 0 aromatic carbocycles. The summed E-state index contributed by atoms with van der Waals surface area (Å²) < 4.78 is 4.65. The van der Waals surface area contributed by atoms with Crippen LogP contribution in [0.1, 0.15) is 39.0 Å². The molecule has 4 heteroatoms. The number of rotatable bonds is 4. The van der Waals surface area contributed by atoms with E-state index in [1.807, 2.05) is 0 Å². The van der Waals surface area contributed by atoms with Gasteiger partial charge in [-0.15, -0.1) is 0 Å². The summed E-state index contributed by atoms with van der Waals surface area (Å²) in [4.78, 5) is 34.6. The number of ether oxygens (including phenoxy) is 1. The molecular formula is C12H18O4. The largest absolute Gasteiger partial charge is 0.468 e. The minimum Gasteiger partial charge on any atom is -0.468 e. The van der Waals surface area contributed by atoms with Gasteiger partial charge < -0.3 is 4.74 Å². The van der Waals surface area contributed by atoms with Crippen molar-refractivity contribution in [3.05, 3.63) is 0 Å². The van der Waals surface area contributed by atoms with Crippen molar-refractivity contribution >= 4 is 17.5 Å². The van der Waals surface area contributed by atoms with E-state index in [4.69, 9.17) is 0 Å². The van der Waals surface area contributed by atoms with Crippen molar-refractivity contribution in [3.63, 3.8) is 0 Å². The van der Waals surface area contributed by atoms with Gasteiger partial charge in [-0.05, 0) is 18.8 Å². The number of ketones is 2. The molecule has 0 aromatic rings. The zero-order valence-electron chi connectivity index (χ0n) is 9.82. The number of hydrogen-bond acceptors (Lipinski definition) is 4. The zero-order valence-corrected chi connectivity index (χ0v) is 9.82. The maximum Gasteiger partial charge on any atom is 0.316 e. The summed E-state index contributed by atoms with van der Waals surface area (Å²) in [5.74, 6) is -1.35. The molecule has 1 saturated carbocycles. The third-order valence-electron chi connectivity index (χ3n) is 3.14. The molecule has 1 fully saturated rings. The van der Waals surface area contributed by atoms with Crippen LogP contribution in [0.2, 0.25) is 0 Å². The highest BCUT2D eigenvalue weighted by atomic mass is 16.5. The maximum atomic E-state index is 11.7. The summed E-state index contributed by atoms with van der Waals surface area (Å²) in [6.45, 7) is 1.73. The highest BCUT2D eigenvalue weighted by Gasteiger charge is 2.36. The van der Waals surface area contributed by atoms with E-state index in [0.29, 0.717) is 19.3 Å². The molecular weight excluding hydrogens is 208 g/mol. The first-order valence-electron chi connectivity index (χ1n) is 5.72. The SMILES string of the molecule is CCC(=O)C(C(=O)OC)C1CCCC(=O)C1. The molecule has 4 nitrogen and oxygen atoms in total. The van der Waals surface area contributed by atoms with E-state index in [-0.39, 0.29) is 17.5 Å². The highest BCUT2D eigenvalue weighted by molar-refractivity contribution is 5.99. The second kappa shape index (κ2) is 5.77. The molecule has 90 valence electrons. The topological polar surface area (TPSA) is 60.4 Å². The van der Waals surface area contributed by atoms with Gasteiger partial charge in [0.15, 0.2) is 0 Å². The van der Waals surface area contributed by atoms with E-state index in [1.165, 1.54) is 7.11 Å². The van der Waals surface area contributed by atoms with Gasteiger partial charge in [-0.3, -0.25) is 14.4 Å². The van der Waals surface area contributed by atoms with Crippen molar-refractivity contribution in [1.29, 1.82) is 0 Å². The van der Waals surface area contributed by atoms with Gasteiger partial charge >= 0.3 is 5.97 Å². The fourth-order valence-corrected chi connectivity index (χ4v) is 2.28. The van der Waals surface area contributed by atoms with Crippen LogP contribution in [0.15, 0.2) is 0 Å². The molecule has 0 radical (unpaired) electrons. The zero-order chi connectivity index (χ0) is 12.1. The van der Waals surface area contributed by atoms with Gasteiger partial charge in [-0.25, -0.2) is 0 Å². The van der Waals surface area contributed by atoms with Gasteiger partial charge in [-0.1, -0.05) is 6.92 Å². The van der Waals surface area contributed by atoms with Crippen LogP contribution in [0.3, 0.4) is 0 Å². The van der Waals surface area contributed by atoms with Crippen molar-refractivity contribution in [1.82, 2.24) is 0 Å². The van der Waals surface area contributed by atoms with Crippen molar-refractivity contribution in [3.8, 4) is 0 Å². The lowest BCUT2D eigenvalue weighted by molar-refractivity contribution is -0.152. The maximum absolute atomic E-state index is 11.7. The fourth-order valence-electron chi connectivity index (χ4n) is 2.28. The Bertz CT molecular complexity index is 279. The average molecular weight is 226 g/mol. The van der Waals surface area contributed by atoms with Gasteiger partial charge in [0.25, 0.3) is 0 Å².